The Morgan fingerprint density at radius 1 is 1.53 bits per heavy atom. The van der Waals surface area contributed by atoms with Crippen LogP contribution in [0, 0.1) is 0 Å². The van der Waals surface area contributed by atoms with Gasteiger partial charge < -0.3 is 4.74 Å². The molecular weight excluding hydrogens is 188 g/mol. The third-order valence-electron chi connectivity index (χ3n) is 1.66. The maximum absolute atomic E-state index is 11.3. The first-order valence-electron chi connectivity index (χ1n) is 6.44. The zero-order chi connectivity index (χ0) is 13.5. The van der Waals surface area contributed by atoms with E-state index in [4.69, 9.17) is 8.85 Å². The Morgan fingerprint density at radius 2 is 2.27 bits per heavy atom. The molecule has 0 aliphatic carbocycles. The number of hydrogen-bond acceptors (Lipinski definition) is 2. The summed E-state index contributed by atoms with van der Waals surface area (Å²) in [7, 11) is 0. The van der Waals surface area contributed by atoms with E-state index < -0.39 is 12.4 Å². The van der Waals surface area contributed by atoms with Gasteiger partial charge in [0.25, 0.3) is 0 Å². The van der Waals surface area contributed by atoms with E-state index in [1.165, 1.54) is 0 Å². The molecule has 0 spiro atoms. The molecule has 0 bridgehead atoms. The Balaban J connectivity index is 2.75. The fraction of sp³-hybridized carbons (Fsp3) is 0.308. The lowest BCUT2D eigenvalue weighted by molar-refractivity contribution is -0.142. The Kier molecular flexibility index (Phi) is 3.50. The third-order valence-corrected chi connectivity index (χ3v) is 1.66. The fourth-order valence-corrected chi connectivity index (χ4v) is 1.01. The first-order valence-corrected chi connectivity index (χ1v) is 4.87. The summed E-state index contributed by atoms with van der Waals surface area (Å²) >= 11 is 0. The number of carbonyl (C=O) groups excluding carboxylic acids is 1. The maximum Gasteiger partial charge on any atom is 0.306 e. The molecule has 15 heavy (non-hydrogen) atoms. The first kappa shape index (κ1) is 7.69. The SMILES string of the molecule is [2H]/C(CC([2H])C(=O)OCC)=C(/[2H])c1ccccc1. The molecule has 0 radical (unpaired) electrons. The van der Waals surface area contributed by atoms with Crippen molar-refractivity contribution in [2.45, 2.75) is 19.7 Å². The minimum absolute atomic E-state index is 0.0331. The van der Waals surface area contributed by atoms with Gasteiger partial charge in [0.1, 0.15) is 0 Å². The standard InChI is InChI=1S/C13H16O2/c1-2-15-13(14)11-7-6-10-12-8-4-3-5-9-12/h3-6,8-10H,2,7,11H2,1H3/b10-6+/i6D,10D,11D. The Bertz CT molecular complexity index is 429. The molecule has 0 saturated carbocycles. The van der Waals surface area contributed by atoms with Crippen molar-refractivity contribution in [1.82, 2.24) is 0 Å². The van der Waals surface area contributed by atoms with E-state index in [9.17, 15) is 4.79 Å². The third kappa shape index (κ3) is 5.01. The number of allylic oxidation sites excluding steroid dienone is 1. The highest BCUT2D eigenvalue weighted by atomic mass is 16.5. The van der Waals surface area contributed by atoms with Crippen molar-refractivity contribution in [1.29, 1.82) is 0 Å². The van der Waals surface area contributed by atoms with Crippen LogP contribution in [0.25, 0.3) is 6.05 Å². The Hall–Kier alpha value is -1.57. The van der Waals surface area contributed by atoms with Crippen LogP contribution in [0.5, 0.6) is 0 Å². The van der Waals surface area contributed by atoms with E-state index in [0.717, 1.165) is 0 Å². The van der Waals surface area contributed by atoms with Crippen molar-refractivity contribution in [3.63, 3.8) is 0 Å². The Labute approximate surface area is 94.8 Å². The van der Waals surface area contributed by atoms with Crippen LogP contribution in [0.15, 0.2) is 36.4 Å². The van der Waals surface area contributed by atoms with Gasteiger partial charge in [0, 0.05) is 7.77 Å². The average Bonchev–Trinajstić information content (AvgIpc) is 2.39. The summed E-state index contributed by atoms with van der Waals surface area (Å²) in [5.41, 5.74) is 0.610. The van der Waals surface area contributed by atoms with Crippen LogP contribution < -0.4 is 0 Å². The average molecular weight is 207 g/mol. The molecule has 2 nitrogen and oxygen atoms in total. The van der Waals surface area contributed by atoms with Crippen LogP contribution in [0.1, 0.15) is 29.4 Å². The van der Waals surface area contributed by atoms with E-state index >= 15 is 0 Å². The van der Waals surface area contributed by atoms with Crippen LogP contribution in [0.4, 0.5) is 0 Å². The van der Waals surface area contributed by atoms with Crippen molar-refractivity contribution in [3.05, 3.63) is 41.9 Å². The highest BCUT2D eigenvalue weighted by molar-refractivity contribution is 5.69. The van der Waals surface area contributed by atoms with E-state index in [1.54, 1.807) is 31.2 Å². The molecule has 1 rings (SSSR count). The largest absolute Gasteiger partial charge is 0.466 e. The number of ether oxygens (including phenoxy) is 1. The van der Waals surface area contributed by atoms with Crippen molar-refractivity contribution in [3.8, 4) is 0 Å². The van der Waals surface area contributed by atoms with Crippen LogP contribution in [-0.4, -0.2) is 12.6 Å². The molecule has 0 fully saturated rings. The summed E-state index contributed by atoms with van der Waals surface area (Å²) < 4.78 is 27.8. The summed E-state index contributed by atoms with van der Waals surface area (Å²) in [6.45, 7) is 1.89. The molecule has 0 saturated heterocycles. The summed E-state index contributed by atoms with van der Waals surface area (Å²) in [6.07, 6.45) is -1.24. The molecule has 0 aromatic heterocycles. The van der Waals surface area contributed by atoms with Gasteiger partial charge in [-0.1, -0.05) is 42.4 Å². The lowest BCUT2D eigenvalue weighted by atomic mass is 10.2. The van der Waals surface area contributed by atoms with Crippen LogP contribution >= 0.6 is 0 Å². The predicted octanol–water partition coefficient (Wildman–Crippen LogP) is 3.04. The van der Waals surface area contributed by atoms with Gasteiger partial charge >= 0.3 is 5.97 Å². The molecule has 1 aromatic carbocycles. The lowest BCUT2D eigenvalue weighted by Crippen LogP contribution is -2.02. The van der Waals surface area contributed by atoms with Crippen molar-refractivity contribution in [2.24, 2.45) is 0 Å². The van der Waals surface area contributed by atoms with Crippen LogP contribution in [0.3, 0.4) is 0 Å². The van der Waals surface area contributed by atoms with E-state index in [0.29, 0.717) is 5.56 Å². The van der Waals surface area contributed by atoms with E-state index in [-0.39, 0.29) is 25.1 Å². The maximum atomic E-state index is 11.3. The highest BCUT2D eigenvalue weighted by Gasteiger charge is 1.97. The molecule has 0 aliphatic heterocycles. The Morgan fingerprint density at radius 3 is 2.93 bits per heavy atom. The van der Waals surface area contributed by atoms with Gasteiger partial charge in [-0.15, -0.1) is 0 Å². The van der Waals surface area contributed by atoms with E-state index in [2.05, 4.69) is 0 Å². The topological polar surface area (TPSA) is 26.3 Å². The van der Waals surface area contributed by atoms with Gasteiger partial charge in [0.05, 0.1) is 9.35 Å². The summed E-state index contributed by atoms with van der Waals surface area (Å²) in [6, 6.07) is 8.83. The molecule has 80 valence electrons. The number of carbonyl (C=O) groups is 1. The molecule has 0 N–H and O–H groups in total. The number of esters is 1. The van der Waals surface area contributed by atoms with Gasteiger partial charge in [-0.3, -0.25) is 4.79 Å². The molecule has 1 aromatic rings. The number of benzene rings is 1. The zero-order valence-electron chi connectivity index (χ0n) is 11.7. The highest BCUT2D eigenvalue weighted by Crippen LogP contribution is 2.03. The molecular formula is C13H16O2. The number of rotatable bonds is 5. The molecule has 0 aliphatic rings. The smallest absolute Gasteiger partial charge is 0.306 e. The number of hydrogen-bond donors (Lipinski definition) is 0. The van der Waals surface area contributed by atoms with Crippen molar-refractivity contribution < 1.29 is 13.6 Å². The second-order valence-electron chi connectivity index (χ2n) is 2.83. The minimum atomic E-state index is -1.14. The van der Waals surface area contributed by atoms with Gasteiger partial charge in [-0.2, -0.15) is 0 Å². The first-order chi connectivity index (χ1) is 8.56. The molecule has 2 heteroatoms. The molecule has 0 heterocycles. The predicted molar refractivity (Wildman–Crippen MR) is 61.3 cm³/mol. The van der Waals surface area contributed by atoms with Gasteiger partial charge in [0.2, 0.25) is 0 Å². The second-order valence-corrected chi connectivity index (χ2v) is 2.83. The van der Waals surface area contributed by atoms with E-state index in [1.807, 2.05) is 6.07 Å². The van der Waals surface area contributed by atoms with Crippen molar-refractivity contribution >= 4 is 12.0 Å². The quantitative estimate of drug-likeness (QED) is 0.694. The zero-order valence-corrected chi connectivity index (χ0v) is 8.69. The van der Waals surface area contributed by atoms with Crippen molar-refractivity contribution in [2.75, 3.05) is 6.61 Å². The molecule has 1 atom stereocenters. The summed E-state index contributed by atoms with van der Waals surface area (Å²) in [5.74, 6) is -0.650. The van der Waals surface area contributed by atoms with Gasteiger partial charge in [0.15, 0.2) is 0 Å². The normalized spacial score (nSPS) is 16.7. The lowest BCUT2D eigenvalue weighted by Gasteiger charge is -1.98. The molecule has 1 unspecified atom stereocenters. The summed E-state index contributed by atoms with van der Waals surface area (Å²) in [5, 5.41) is 0. The monoisotopic (exact) mass is 207 g/mol. The summed E-state index contributed by atoms with van der Waals surface area (Å²) in [4.78, 5) is 11.3. The minimum Gasteiger partial charge on any atom is -0.466 e. The van der Waals surface area contributed by atoms with Gasteiger partial charge in [-0.25, -0.2) is 0 Å². The fourth-order valence-electron chi connectivity index (χ4n) is 1.01. The second kappa shape index (κ2) is 6.82. The van der Waals surface area contributed by atoms with Crippen LogP contribution in [-0.2, 0) is 9.53 Å². The van der Waals surface area contributed by atoms with Crippen LogP contribution in [0.2, 0.25) is 0 Å². The van der Waals surface area contributed by atoms with Gasteiger partial charge in [-0.05, 0) is 18.9 Å². The molecule has 0 amide bonds.